The molecule has 4 N–H and O–H groups in total. The normalized spacial score (nSPS) is 15.4. The van der Waals surface area contributed by atoms with E-state index < -0.39 is 37.0 Å². The Bertz CT molecular complexity index is 1710. The summed E-state index contributed by atoms with van der Waals surface area (Å²) in [5.74, 6) is -0.381. The Morgan fingerprint density at radius 3 is 2.63 bits per heavy atom. The molecule has 4 aromatic rings. The van der Waals surface area contributed by atoms with E-state index in [-0.39, 0.29) is 23.5 Å². The van der Waals surface area contributed by atoms with Gasteiger partial charge in [0.05, 0.1) is 21.0 Å². The van der Waals surface area contributed by atoms with Gasteiger partial charge >= 0.3 is 0 Å². The molecule has 13 heteroatoms. The third-order valence-electron chi connectivity index (χ3n) is 7.11. The van der Waals surface area contributed by atoms with Crippen molar-refractivity contribution in [2.75, 3.05) is 32.0 Å². The molecule has 0 saturated carbocycles. The molecule has 0 bridgehead atoms. The van der Waals surface area contributed by atoms with Gasteiger partial charge in [-0.2, -0.15) is 0 Å². The number of rotatable bonds is 9. The number of amides is 1. The molecule has 0 radical (unpaired) electrons. The molecule has 12 nitrogen and oxygen atoms in total. The molecule has 0 spiro atoms. The van der Waals surface area contributed by atoms with Gasteiger partial charge in [0.25, 0.3) is 21.6 Å². The Hall–Kier alpha value is -4.46. The molecular formula is C28H29N5O7S. The highest BCUT2D eigenvalue weighted by molar-refractivity contribution is 7.90. The number of likely N-dealkylation sites (tertiary alicyclic amines) is 1. The van der Waals surface area contributed by atoms with Crippen LogP contribution in [0.3, 0.4) is 0 Å². The molecule has 214 valence electrons. The average Bonchev–Trinajstić information content (AvgIpc) is 3.42. The molecule has 0 aliphatic carbocycles. The summed E-state index contributed by atoms with van der Waals surface area (Å²) in [4.78, 5) is 28.9. The van der Waals surface area contributed by atoms with E-state index in [1.165, 1.54) is 18.2 Å². The van der Waals surface area contributed by atoms with Gasteiger partial charge in [0, 0.05) is 42.8 Å². The number of aromatic nitrogens is 1. The van der Waals surface area contributed by atoms with Gasteiger partial charge in [-0.25, -0.2) is 13.1 Å². The second kappa shape index (κ2) is 11.2. The van der Waals surface area contributed by atoms with Crippen molar-refractivity contribution in [3.05, 3.63) is 88.6 Å². The van der Waals surface area contributed by atoms with Gasteiger partial charge in [-0.15, -0.1) is 0 Å². The maximum absolute atomic E-state index is 13.1. The van der Waals surface area contributed by atoms with E-state index >= 15 is 0 Å². The molecule has 2 heterocycles. The number of nitrogens with one attached hydrogen (secondary N) is 3. The number of ether oxygens (including phenoxy) is 1. The fraction of sp³-hybridized carbons (Fsp3) is 0.250. The SMILES string of the molecule is CN1CCC(O)(CNc2ccc(S(=O)(=O)NC(=O)c3ccccc3Oc3ccc4[nH]ccc4c3)cc2[N+](=O)[O-])CC1. The number of nitrogens with zero attached hydrogens (tertiary/aromatic N) is 2. The summed E-state index contributed by atoms with van der Waals surface area (Å²) in [6, 6.07) is 16.6. The van der Waals surface area contributed by atoms with Crippen molar-refractivity contribution in [2.45, 2.75) is 23.3 Å². The number of hydrogen-bond acceptors (Lipinski definition) is 9. The molecule has 3 aromatic carbocycles. The first-order chi connectivity index (χ1) is 19.5. The minimum Gasteiger partial charge on any atom is -0.457 e. The number of carbonyl (C=O) groups is 1. The first-order valence-electron chi connectivity index (χ1n) is 12.9. The van der Waals surface area contributed by atoms with Crippen molar-refractivity contribution in [3.63, 3.8) is 0 Å². The van der Waals surface area contributed by atoms with Crippen LogP contribution in [0.4, 0.5) is 11.4 Å². The zero-order valence-corrected chi connectivity index (χ0v) is 23.0. The third-order valence-corrected chi connectivity index (χ3v) is 8.44. The number of fused-ring (bicyclic) bond motifs is 1. The second-order valence-corrected chi connectivity index (χ2v) is 11.8. The van der Waals surface area contributed by atoms with Gasteiger partial charge in [0.2, 0.25) is 0 Å². The standard InChI is InChI=1S/C28H29N5O7S/c1-32-14-11-28(35,12-15-32)18-30-24-9-7-21(17-25(24)33(36)37)41(38,39)31-27(34)22-4-2-3-5-26(22)40-20-6-8-23-19(16-20)10-13-29-23/h2-10,13,16-17,29-30,35H,11-12,14-15,18H2,1H3,(H,31,34). The molecule has 1 aliphatic rings. The predicted molar refractivity (Wildman–Crippen MR) is 153 cm³/mol. The number of hydrogen-bond donors (Lipinski definition) is 4. The second-order valence-electron chi connectivity index (χ2n) is 10.1. The summed E-state index contributed by atoms with van der Waals surface area (Å²) in [5.41, 5.74) is -0.611. The first kappa shape index (κ1) is 28.1. The van der Waals surface area contributed by atoms with Crippen LogP contribution in [-0.2, 0) is 10.0 Å². The van der Waals surface area contributed by atoms with Crippen LogP contribution in [0.2, 0.25) is 0 Å². The zero-order chi connectivity index (χ0) is 29.2. The number of nitro benzene ring substituents is 1. The highest BCUT2D eigenvalue weighted by Crippen LogP contribution is 2.31. The highest BCUT2D eigenvalue weighted by atomic mass is 32.2. The summed E-state index contributed by atoms with van der Waals surface area (Å²) in [7, 11) is -2.54. The molecule has 5 rings (SSSR count). The maximum Gasteiger partial charge on any atom is 0.293 e. The molecule has 0 unspecified atom stereocenters. The van der Waals surface area contributed by atoms with E-state index in [1.807, 2.05) is 23.9 Å². The average molecular weight is 580 g/mol. The van der Waals surface area contributed by atoms with E-state index in [0.29, 0.717) is 31.7 Å². The fourth-order valence-corrected chi connectivity index (χ4v) is 5.64. The summed E-state index contributed by atoms with van der Waals surface area (Å²) >= 11 is 0. The lowest BCUT2D eigenvalue weighted by Crippen LogP contribution is -2.47. The summed E-state index contributed by atoms with van der Waals surface area (Å²) in [6.45, 7) is 1.44. The zero-order valence-electron chi connectivity index (χ0n) is 22.2. The van der Waals surface area contributed by atoms with Gasteiger partial charge < -0.3 is 25.0 Å². The molecule has 1 aromatic heterocycles. The number of piperidine rings is 1. The number of sulfonamides is 1. The molecule has 1 fully saturated rings. The first-order valence-corrected chi connectivity index (χ1v) is 14.4. The van der Waals surface area contributed by atoms with Crippen LogP contribution >= 0.6 is 0 Å². The Labute approximate surface area is 236 Å². The van der Waals surface area contributed by atoms with Crippen molar-refractivity contribution in [2.24, 2.45) is 0 Å². The van der Waals surface area contributed by atoms with E-state index in [4.69, 9.17) is 4.74 Å². The van der Waals surface area contributed by atoms with Crippen LogP contribution in [0.25, 0.3) is 10.9 Å². The third kappa shape index (κ3) is 6.32. The number of aromatic amines is 1. The molecule has 1 amide bonds. The Balaban J connectivity index is 1.33. The number of aliphatic hydroxyl groups is 1. The maximum atomic E-state index is 13.1. The van der Waals surface area contributed by atoms with E-state index in [0.717, 1.165) is 23.0 Å². The van der Waals surface area contributed by atoms with Gasteiger partial charge in [-0.05, 0) is 68.4 Å². The van der Waals surface area contributed by atoms with Crippen molar-refractivity contribution in [1.82, 2.24) is 14.6 Å². The molecule has 1 saturated heterocycles. The number of para-hydroxylation sites is 1. The fourth-order valence-electron chi connectivity index (χ4n) is 4.65. The molecular weight excluding hydrogens is 550 g/mol. The van der Waals surface area contributed by atoms with Crippen LogP contribution in [0.1, 0.15) is 23.2 Å². The molecule has 1 aliphatic heterocycles. The Morgan fingerprint density at radius 1 is 1.12 bits per heavy atom. The van der Waals surface area contributed by atoms with Crippen LogP contribution in [0.5, 0.6) is 11.5 Å². The smallest absolute Gasteiger partial charge is 0.293 e. The van der Waals surface area contributed by atoms with Crippen LogP contribution in [0, 0.1) is 10.1 Å². The predicted octanol–water partition coefficient (Wildman–Crippen LogP) is 3.86. The topological polar surface area (TPSA) is 167 Å². The number of nitro groups is 1. The van der Waals surface area contributed by atoms with Crippen molar-refractivity contribution in [1.29, 1.82) is 0 Å². The van der Waals surface area contributed by atoms with Crippen molar-refractivity contribution in [3.8, 4) is 11.5 Å². The Kier molecular flexibility index (Phi) is 7.67. The monoisotopic (exact) mass is 579 g/mol. The molecule has 41 heavy (non-hydrogen) atoms. The minimum absolute atomic E-state index is 0.0376. The highest BCUT2D eigenvalue weighted by Gasteiger charge is 2.32. The van der Waals surface area contributed by atoms with Gasteiger partial charge in [0.15, 0.2) is 0 Å². The van der Waals surface area contributed by atoms with E-state index in [1.54, 1.807) is 30.5 Å². The van der Waals surface area contributed by atoms with Crippen LogP contribution in [-0.4, -0.2) is 66.5 Å². The lowest BCUT2D eigenvalue weighted by molar-refractivity contribution is -0.384. The van der Waals surface area contributed by atoms with Crippen LogP contribution < -0.4 is 14.8 Å². The van der Waals surface area contributed by atoms with Crippen molar-refractivity contribution >= 4 is 38.2 Å². The lowest BCUT2D eigenvalue weighted by atomic mass is 9.91. The largest absolute Gasteiger partial charge is 0.457 e. The molecule has 0 atom stereocenters. The van der Waals surface area contributed by atoms with Crippen LogP contribution in [0.15, 0.2) is 77.8 Å². The lowest BCUT2D eigenvalue weighted by Gasteiger charge is -2.36. The van der Waals surface area contributed by atoms with Gasteiger partial charge in [-0.1, -0.05) is 12.1 Å². The quantitative estimate of drug-likeness (QED) is 0.170. The number of anilines is 1. The summed E-state index contributed by atoms with van der Waals surface area (Å²) in [6.07, 6.45) is 2.77. The number of carbonyl (C=O) groups excluding carboxylic acids is 1. The summed E-state index contributed by atoms with van der Waals surface area (Å²) in [5, 5.41) is 26.4. The van der Waals surface area contributed by atoms with Crippen molar-refractivity contribution < 1.29 is 28.0 Å². The minimum atomic E-state index is -4.49. The van der Waals surface area contributed by atoms with Gasteiger partial charge in [-0.3, -0.25) is 14.9 Å². The summed E-state index contributed by atoms with van der Waals surface area (Å²) < 4.78 is 34.1. The Morgan fingerprint density at radius 2 is 1.88 bits per heavy atom. The number of benzene rings is 3. The number of H-pyrrole nitrogens is 1. The van der Waals surface area contributed by atoms with E-state index in [2.05, 4.69) is 15.2 Å². The van der Waals surface area contributed by atoms with E-state index in [9.17, 15) is 28.4 Å². The van der Waals surface area contributed by atoms with Gasteiger partial charge in [0.1, 0.15) is 17.2 Å².